The zero-order chi connectivity index (χ0) is 11.3. The van der Waals surface area contributed by atoms with Gasteiger partial charge in [0, 0.05) is 7.11 Å². The molecule has 1 unspecified atom stereocenters. The molecular weight excluding hydrogens is 199 g/mol. The Morgan fingerprint density at radius 3 is 2.93 bits per heavy atom. The summed E-state index contributed by atoms with van der Waals surface area (Å²) in [5.74, 6) is -0.478. The summed E-state index contributed by atoms with van der Waals surface area (Å²) in [5, 5.41) is 11.9. The summed E-state index contributed by atoms with van der Waals surface area (Å²) in [5.41, 5.74) is 6.03. The van der Waals surface area contributed by atoms with Crippen molar-refractivity contribution in [1.29, 1.82) is 0 Å². The minimum Gasteiger partial charge on any atom is -0.395 e. The van der Waals surface area contributed by atoms with Gasteiger partial charge >= 0.3 is 0 Å². The second-order valence-electron chi connectivity index (χ2n) is 3.18. The molecule has 0 aromatic heterocycles. The molecule has 1 rings (SSSR count). The standard InChI is InChI=1S/C10H15FN2O2/c1-15-6-7(5-14)13-9-4-2-3-8(11)10(9)12/h2-4,7,13-14H,5-6,12H2,1H3. The molecule has 0 aliphatic rings. The van der Waals surface area contributed by atoms with Crippen LogP contribution in [0.1, 0.15) is 0 Å². The quantitative estimate of drug-likeness (QED) is 0.635. The van der Waals surface area contributed by atoms with Crippen LogP contribution in [-0.2, 0) is 4.74 Å². The van der Waals surface area contributed by atoms with Gasteiger partial charge < -0.3 is 20.9 Å². The maximum Gasteiger partial charge on any atom is 0.148 e. The van der Waals surface area contributed by atoms with Crippen LogP contribution in [-0.4, -0.2) is 31.5 Å². The second kappa shape index (κ2) is 5.53. The molecule has 4 N–H and O–H groups in total. The molecule has 0 saturated heterocycles. The van der Waals surface area contributed by atoms with E-state index in [1.807, 2.05) is 0 Å². The van der Waals surface area contributed by atoms with Crippen LogP contribution < -0.4 is 11.1 Å². The van der Waals surface area contributed by atoms with Crippen molar-refractivity contribution in [3.8, 4) is 0 Å². The number of nitrogens with one attached hydrogen (secondary N) is 1. The summed E-state index contributed by atoms with van der Waals surface area (Å²) in [4.78, 5) is 0. The van der Waals surface area contributed by atoms with Gasteiger partial charge in [0.25, 0.3) is 0 Å². The average Bonchev–Trinajstić information content (AvgIpc) is 2.24. The molecule has 84 valence electrons. The van der Waals surface area contributed by atoms with Crippen LogP contribution in [0.25, 0.3) is 0 Å². The topological polar surface area (TPSA) is 67.5 Å². The largest absolute Gasteiger partial charge is 0.395 e. The number of hydrogen-bond donors (Lipinski definition) is 3. The third-order valence-electron chi connectivity index (χ3n) is 2.00. The van der Waals surface area contributed by atoms with Crippen LogP contribution in [0.3, 0.4) is 0 Å². The van der Waals surface area contributed by atoms with Gasteiger partial charge in [-0.2, -0.15) is 0 Å². The van der Waals surface area contributed by atoms with Gasteiger partial charge in [-0.05, 0) is 12.1 Å². The first-order valence-corrected chi connectivity index (χ1v) is 4.59. The zero-order valence-corrected chi connectivity index (χ0v) is 8.53. The Morgan fingerprint density at radius 1 is 1.60 bits per heavy atom. The fourth-order valence-electron chi connectivity index (χ4n) is 1.22. The van der Waals surface area contributed by atoms with Gasteiger partial charge in [-0.1, -0.05) is 6.07 Å². The van der Waals surface area contributed by atoms with E-state index in [2.05, 4.69) is 5.32 Å². The first kappa shape index (κ1) is 11.7. The summed E-state index contributed by atoms with van der Waals surface area (Å²) < 4.78 is 17.9. The Kier molecular flexibility index (Phi) is 4.33. The fraction of sp³-hybridized carbons (Fsp3) is 0.400. The summed E-state index contributed by atoms with van der Waals surface area (Å²) in [6.45, 7) is 0.218. The van der Waals surface area contributed by atoms with E-state index < -0.39 is 5.82 Å². The lowest BCUT2D eigenvalue weighted by molar-refractivity contribution is 0.153. The molecule has 1 atom stereocenters. The lowest BCUT2D eigenvalue weighted by Crippen LogP contribution is -2.29. The minimum absolute atomic E-state index is 0.0482. The Labute approximate surface area is 87.9 Å². The minimum atomic E-state index is -0.478. The number of hydrogen-bond acceptors (Lipinski definition) is 4. The maximum absolute atomic E-state index is 13.1. The summed E-state index contributed by atoms with van der Waals surface area (Å²) >= 11 is 0. The molecule has 0 spiro atoms. The van der Waals surface area contributed by atoms with Crippen molar-refractivity contribution >= 4 is 11.4 Å². The molecule has 5 heteroatoms. The molecule has 0 aliphatic heterocycles. The lowest BCUT2D eigenvalue weighted by Gasteiger charge is -2.17. The van der Waals surface area contributed by atoms with Crippen molar-refractivity contribution in [2.45, 2.75) is 6.04 Å². The molecule has 1 aromatic carbocycles. The summed E-state index contributed by atoms with van der Waals surface area (Å²) in [6.07, 6.45) is 0. The van der Waals surface area contributed by atoms with E-state index in [1.54, 1.807) is 12.1 Å². The SMILES string of the molecule is COCC(CO)Nc1cccc(F)c1N. The molecule has 0 aliphatic carbocycles. The molecule has 0 heterocycles. The maximum atomic E-state index is 13.1. The predicted octanol–water partition coefficient (Wildman–Crippen LogP) is 0.827. The fourth-order valence-corrected chi connectivity index (χ4v) is 1.22. The van der Waals surface area contributed by atoms with Gasteiger partial charge in [0.1, 0.15) is 5.82 Å². The predicted molar refractivity (Wildman–Crippen MR) is 57.2 cm³/mol. The van der Waals surface area contributed by atoms with Gasteiger partial charge in [-0.25, -0.2) is 4.39 Å². The number of anilines is 2. The van der Waals surface area contributed by atoms with Crippen molar-refractivity contribution in [2.75, 3.05) is 31.4 Å². The Morgan fingerprint density at radius 2 is 2.33 bits per heavy atom. The highest BCUT2D eigenvalue weighted by atomic mass is 19.1. The number of halogens is 1. The van der Waals surface area contributed by atoms with Crippen molar-refractivity contribution < 1.29 is 14.2 Å². The van der Waals surface area contributed by atoms with Crippen molar-refractivity contribution in [3.05, 3.63) is 24.0 Å². The molecule has 1 aromatic rings. The van der Waals surface area contributed by atoms with Crippen LogP contribution in [0.4, 0.5) is 15.8 Å². The summed E-state index contributed by atoms with van der Waals surface area (Å²) in [6, 6.07) is 4.19. The second-order valence-corrected chi connectivity index (χ2v) is 3.18. The third-order valence-corrected chi connectivity index (χ3v) is 2.00. The number of para-hydroxylation sites is 1. The smallest absolute Gasteiger partial charge is 0.148 e. The number of ether oxygens (including phenoxy) is 1. The van der Waals surface area contributed by atoms with Crippen LogP contribution in [0.5, 0.6) is 0 Å². The highest BCUT2D eigenvalue weighted by Gasteiger charge is 2.10. The number of nitrogens with two attached hydrogens (primary N) is 1. The van der Waals surface area contributed by atoms with Crippen LogP contribution in [0, 0.1) is 5.82 Å². The number of aliphatic hydroxyl groups excluding tert-OH is 1. The molecule has 0 saturated carbocycles. The number of methoxy groups -OCH3 is 1. The molecule has 0 amide bonds. The molecular formula is C10H15FN2O2. The first-order valence-electron chi connectivity index (χ1n) is 4.59. The summed E-state index contributed by atoms with van der Waals surface area (Å²) in [7, 11) is 1.53. The van der Waals surface area contributed by atoms with E-state index in [1.165, 1.54) is 13.2 Å². The van der Waals surface area contributed by atoms with Gasteiger partial charge in [0.05, 0.1) is 30.6 Å². The first-order chi connectivity index (χ1) is 7.19. The highest BCUT2D eigenvalue weighted by Crippen LogP contribution is 2.21. The van der Waals surface area contributed by atoms with Gasteiger partial charge in [0.2, 0.25) is 0 Å². The Balaban J connectivity index is 2.74. The highest BCUT2D eigenvalue weighted by molar-refractivity contribution is 5.66. The van der Waals surface area contributed by atoms with E-state index in [0.717, 1.165) is 0 Å². The van der Waals surface area contributed by atoms with E-state index in [0.29, 0.717) is 12.3 Å². The van der Waals surface area contributed by atoms with Gasteiger partial charge in [0.15, 0.2) is 0 Å². The van der Waals surface area contributed by atoms with Crippen LogP contribution in [0.15, 0.2) is 18.2 Å². The molecule has 0 bridgehead atoms. The monoisotopic (exact) mass is 214 g/mol. The molecule has 15 heavy (non-hydrogen) atoms. The van der Waals surface area contributed by atoms with E-state index in [9.17, 15) is 4.39 Å². The van der Waals surface area contributed by atoms with Crippen LogP contribution >= 0.6 is 0 Å². The molecule has 0 fully saturated rings. The Hall–Kier alpha value is -1.33. The van der Waals surface area contributed by atoms with Crippen LogP contribution in [0.2, 0.25) is 0 Å². The van der Waals surface area contributed by atoms with E-state index in [4.69, 9.17) is 15.6 Å². The molecule has 0 radical (unpaired) electrons. The number of aliphatic hydroxyl groups is 1. The van der Waals surface area contributed by atoms with Crippen molar-refractivity contribution in [2.24, 2.45) is 0 Å². The zero-order valence-electron chi connectivity index (χ0n) is 8.53. The van der Waals surface area contributed by atoms with Crippen molar-refractivity contribution in [1.82, 2.24) is 0 Å². The normalized spacial score (nSPS) is 12.5. The third kappa shape index (κ3) is 3.07. The average molecular weight is 214 g/mol. The lowest BCUT2D eigenvalue weighted by atomic mass is 10.2. The number of nitrogen functional groups attached to an aromatic ring is 1. The number of benzene rings is 1. The van der Waals surface area contributed by atoms with Gasteiger partial charge in [-0.15, -0.1) is 0 Å². The van der Waals surface area contributed by atoms with Gasteiger partial charge in [-0.3, -0.25) is 0 Å². The van der Waals surface area contributed by atoms with E-state index in [-0.39, 0.29) is 18.3 Å². The van der Waals surface area contributed by atoms with Crippen molar-refractivity contribution in [3.63, 3.8) is 0 Å². The number of rotatable bonds is 5. The molecule has 4 nitrogen and oxygen atoms in total. The Bertz CT molecular complexity index is 320. The van der Waals surface area contributed by atoms with E-state index >= 15 is 0 Å².